The lowest BCUT2D eigenvalue weighted by Crippen LogP contribution is -2.33. The molecule has 3 aromatic carbocycles. The van der Waals surface area contributed by atoms with Crippen molar-refractivity contribution in [2.45, 2.75) is 38.5 Å². The molecule has 32 heavy (non-hydrogen) atoms. The molecule has 0 aliphatic carbocycles. The second-order valence-corrected chi connectivity index (χ2v) is 8.60. The van der Waals surface area contributed by atoms with Gasteiger partial charge in [-0.1, -0.05) is 69.0 Å². The standard InChI is InChI=1S/C28H28N2O2/c1-4-17-31-23-15-13-21(14-16-23)25-18-26-24-7-5-6-8-27(24)32-28(30(26)29-25)22-11-9-20(10-12-22)19(2)3/h4-16,19,26,28H,1,17-18H2,2-3H3. The second kappa shape index (κ2) is 8.54. The number of rotatable bonds is 6. The van der Waals surface area contributed by atoms with E-state index in [0.29, 0.717) is 12.5 Å². The fraction of sp³-hybridized carbons (Fsp3) is 0.250. The zero-order chi connectivity index (χ0) is 22.1. The van der Waals surface area contributed by atoms with Crippen molar-refractivity contribution >= 4 is 5.71 Å². The lowest BCUT2D eigenvalue weighted by molar-refractivity contribution is -0.0190. The van der Waals surface area contributed by atoms with E-state index in [0.717, 1.165) is 34.8 Å². The highest BCUT2D eigenvalue weighted by atomic mass is 16.5. The maximum absolute atomic E-state index is 6.47. The molecular formula is C28H28N2O2. The van der Waals surface area contributed by atoms with Gasteiger partial charge in [0.2, 0.25) is 6.23 Å². The number of hydrogen-bond acceptors (Lipinski definition) is 4. The van der Waals surface area contributed by atoms with Gasteiger partial charge in [-0.3, -0.25) is 0 Å². The molecule has 0 fully saturated rings. The summed E-state index contributed by atoms with van der Waals surface area (Å²) < 4.78 is 12.1. The van der Waals surface area contributed by atoms with Gasteiger partial charge < -0.3 is 9.47 Å². The van der Waals surface area contributed by atoms with E-state index in [1.165, 1.54) is 11.1 Å². The molecular weight excluding hydrogens is 396 g/mol. The van der Waals surface area contributed by atoms with Gasteiger partial charge in [0.1, 0.15) is 18.1 Å². The minimum absolute atomic E-state index is 0.154. The minimum Gasteiger partial charge on any atom is -0.490 e. The number of ether oxygens (including phenoxy) is 2. The first-order valence-electron chi connectivity index (χ1n) is 11.2. The zero-order valence-electron chi connectivity index (χ0n) is 18.6. The van der Waals surface area contributed by atoms with Gasteiger partial charge in [0.05, 0.1) is 11.8 Å². The summed E-state index contributed by atoms with van der Waals surface area (Å²) in [6, 6.07) is 25.3. The Morgan fingerprint density at radius 2 is 1.81 bits per heavy atom. The summed E-state index contributed by atoms with van der Waals surface area (Å²) in [5, 5.41) is 7.18. The molecule has 0 bridgehead atoms. The minimum atomic E-state index is -0.246. The Labute approximate surface area is 189 Å². The molecule has 4 heteroatoms. The first-order valence-corrected chi connectivity index (χ1v) is 11.2. The van der Waals surface area contributed by atoms with Crippen molar-refractivity contribution in [1.29, 1.82) is 0 Å². The highest BCUT2D eigenvalue weighted by Crippen LogP contribution is 2.47. The molecule has 2 heterocycles. The third-order valence-corrected chi connectivity index (χ3v) is 6.14. The number of para-hydroxylation sites is 1. The Morgan fingerprint density at radius 3 is 2.53 bits per heavy atom. The van der Waals surface area contributed by atoms with Crippen molar-refractivity contribution in [3.63, 3.8) is 0 Å². The van der Waals surface area contributed by atoms with E-state index in [4.69, 9.17) is 14.6 Å². The number of benzene rings is 3. The van der Waals surface area contributed by atoms with Gasteiger partial charge in [0, 0.05) is 17.5 Å². The van der Waals surface area contributed by atoms with Crippen molar-refractivity contribution in [2.75, 3.05) is 6.61 Å². The first kappa shape index (κ1) is 20.4. The summed E-state index contributed by atoms with van der Waals surface area (Å²) in [6.07, 6.45) is 2.34. The van der Waals surface area contributed by atoms with Gasteiger partial charge in [-0.25, -0.2) is 5.01 Å². The summed E-state index contributed by atoms with van der Waals surface area (Å²) in [4.78, 5) is 0. The zero-order valence-corrected chi connectivity index (χ0v) is 18.6. The van der Waals surface area contributed by atoms with Crippen LogP contribution >= 0.6 is 0 Å². The number of hydrogen-bond donors (Lipinski definition) is 0. The molecule has 2 aliphatic rings. The molecule has 0 N–H and O–H groups in total. The van der Waals surface area contributed by atoms with Gasteiger partial charge in [-0.15, -0.1) is 0 Å². The van der Waals surface area contributed by atoms with Crippen molar-refractivity contribution in [3.05, 3.63) is 108 Å². The molecule has 4 nitrogen and oxygen atoms in total. The first-order chi connectivity index (χ1) is 15.6. The molecule has 0 amide bonds. The van der Waals surface area contributed by atoms with Crippen LogP contribution in [0.15, 0.2) is 90.6 Å². The SMILES string of the molecule is C=CCOc1ccc(C2=NN3C(C2)c2ccccc2OC3c2ccc(C(C)C)cc2)cc1. The summed E-state index contributed by atoms with van der Waals surface area (Å²) in [5.41, 5.74) is 5.80. The van der Waals surface area contributed by atoms with Crippen LogP contribution < -0.4 is 9.47 Å². The van der Waals surface area contributed by atoms with Crippen molar-refractivity contribution in [1.82, 2.24) is 5.01 Å². The normalized spacial score (nSPS) is 19.1. The molecule has 0 saturated heterocycles. The number of nitrogens with zero attached hydrogens (tertiary/aromatic N) is 2. The Morgan fingerprint density at radius 1 is 1.06 bits per heavy atom. The fourth-order valence-corrected chi connectivity index (χ4v) is 4.37. The number of hydrazone groups is 1. The fourth-order valence-electron chi connectivity index (χ4n) is 4.37. The Kier molecular flexibility index (Phi) is 5.44. The highest BCUT2D eigenvalue weighted by molar-refractivity contribution is 6.02. The molecule has 2 unspecified atom stereocenters. The van der Waals surface area contributed by atoms with Crippen LogP contribution in [0.1, 0.15) is 60.7 Å². The van der Waals surface area contributed by atoms with Gasteiger partial charge in [-0.05, 0) is 47.4 Å². The topological polar surface area (TPSA) is 34.1 Å². The maximum Gasteiger partial charge on any atom is 0.213 e. The van der Waals surface area contributed by atoms with E-state index >= 15 is 0 Å². The summed E-state index contributed by atoms with van der Waals surface area (Å²) >= 11 is 0. The monoisotopic (exact) mass is 424 g/mol. The Balaban J connectivity index is 1.48. The highest BCUT2D eigenvalue weighted by Gasteiger charge is 2.40. The van der Waals surface area contributed by atoms with Crippen molar-refractivity contribution in [2.24, 2.45) is 5.10 Å². The van der Waals surface area contributed by atoms with E-state index in [2.05, 4.69) is 80.0 Å². The lowest BCUT2D eigenvalue weighted by Gasteiger charge is -2.38. The lowest BCUT2D eigenvalue weighted by atomic mass is 9.95. The van der Waals surface area contributed by atoms with Crippen LogP contribution in [-0.4, -0.2) is 17.3 Å². The molecule has 0 saturated carbocycles. The molecule has 0 spiro atoms. The average molecular weight is 425 g/mol. The predicted octanol–water partition coefficient (Wildman–Crippen LogP) is 6.62. The molecule has 162 valence electrons. The molecule has 5 rings (SSSR count). The van der Waals surface area contributed by atoms with Crippen molar-refractivity contribution < 1.29 is 9.47 Å². The van der Waals surface area contributed by atoms with Gasteiger partial charge in [-0.2, -0.15) is 5.10 Å². The second-order valence-electron chi connectivity index (χ2n) is 8.60. The molecule has 3 aromatic rings. The van der Waals surface area contributed by atoms with Crippen LogP contribution in [0.3, 0.4) is 0 Å². The van der Waals surface area contributed by atoms with Crippen LogP contribution in [0.4, 0.5) is 0 Å². The van der Waals surface area contributed by atoms with Gasteiger partial charge in [0.25, 0.3) is 0 Å². The van der Waals surface area contributed by atoms with E-state index < -0.39 is 0 Å². The quantitative estimate of drug-likeness (QED) is 0.417. The van der Waals surface area contributed by atoms with Gasteiger partial charge >= 0.3 is 0 Å². The molecule has 0 aromatic heterocycles. The van der Waals surface area contributed by atoms with Crippen LogP contribution in [-0.2, 0) is 0 Å². The smallest absolute Gasteiger partial charge is 0.213 e. The Hall–Kier alpha value is -3.53. The maximum atomic E-state index is 6.47. The summed E-state index contributed by atoms with van der Waals surface area (Å²) in [6.45, 7) is 8.62. The van der Waals surface area contributed by atoms with Crippen LogP contribution in [0.25, 0.3) is 0 Å². The van der Waals surface area contributed by atoms with Gasteiger partial charge in [0.15, 0.2) is 0 Å². The van der Waals surface area contributed by atoms with Crippen molar-refractivity contribution in [3.8, 4) is 11.5 Å². The third-order valence-electron chi connectivity index (χ3n) is 6.14. The predicted molar refractivity (Wildman–Crippen MR) is 128 cm³/mol. The van der Waals surface area contributed by atoms with E-state index in [-0.39, 0.29) is 12.3 Å². The Bertz CT molecular complexity index is 1130. The summed E-state index contributed by atoms with van der Waals surface area (Å²) in [5.74, 6) is 2.28. The molecule has 2 atom stereocenters. The van der Waals surface area contributed by atoms with Crippen LogP contribution in [0.2, 0.25) is 0 Å². The summed E-state index contributed by atoms with van der Waals surface area (Å²) in [7, 11) is 0. The third kappa shape index (κ3) is 3.77. The molecule has 0 radical (unpaired) electrons. The largest absolute Gasteiger partial charge is 0.490 e. The molecule has 2 aliphatic heterocycles. The van der Waals surface area contributed by atoms with Crippen LogP contribution in [0, 0.1) is 0 Å². The number of fused-ring (bicyclic) bond motifs is 3. The van der Waals surface area contributed by atoms with E-state index in [1.807, 2.05) is 18.2 Å². The van der Waals surface area contributed by atoms with E-state index in [1.54, 1.807) is 6.08 Å². The van der Waals surface area contributed by atoms with E-state index in [9.17, 15) is 0 Å². The van der Waals surface area contributed by atoms with Crippen LogP contribution in [0.5, 0.6) is 11.5 Å². The average Bonchev–Trinajstić information content (AvgIpc) is 3.28.